The van der Waals surface area contributed by atoms with Gasteiger partial charge in [0, 0.05) is 18.8 Å². The summed E-state index contributed by atoms with van der Waals surface area (Å²) < 4.78 is 4.47. The molecule has 0 radical (unpaired) electrons. The maximum atomic E-state index is 11.2. The summed E-state index contributed by atoms with van der Waals surface area (Å²) in [4.78, 5) is 25.7. The first-order valence-corrected chi connectivity index (χ1v) is 5.98. The van der Waals surface area contributed by atoms with Crippen molar-refractivity contribution in [2.24, 2.45) is 0 Å². The Balaban J connectivity index is 2.65. The fourth-order valence-electron chi connectivity index (χ4n) is 1.15. The van der Waals surface area contributed by atoms with E-state index in [1.54, 1.807) is 0 Å². The summed E-state index contributed by atoms with van der Waals surface area (Å²) in [6, 6.07) is 0. The zero-order valence-corrected chi connectivity index (χ0v) is 10.7. The van der Waals surface area contributed by atoms with Crippen molar-refractivity contribution < 1.29 is 24.5 Å². The lowest BCUT2D eigenvalue weighted by molar-refractivity contribution is -0.119. The number of methoxy groups -OCH3 is 1. The smallest absolute Gasteiger partial charge is 0.357 e. The molecule has 0 bridgehead atoms. The lowest BCUT2D eigenvalue weighted by Gasteiger charge is -2.15. The van der Waals surface area contributed by atoms with Crippen LogP contribution in [0, 0.1) is 0 Å². The van der Waals surface area contributed by atoms with Crippen molar-refractivity contribution in [3.63, 3.8) is 0 Å². The fourth-order valence-corrected chi connectivity index (χ4v) is 1.98. The van der Waals surface area contributed by atoms with E-state index < -0.39 is 18.2 Å². The van der Waals surface area contributed by atoms with E-state index in [2.05, 4.69) is 15.0 Å². The van der Waals surface area contributed by atoms with Crippen LogP contribution in [-0.4, -0.2) is 46.8 Å². The highest BCUT2D eigenvalue weighted by Crippen LogP contribution is 2.21. The predicted octanol–water partition coefficient (Wildman–Crippen LogP) is -0.540. The van der Waals surface area contributed by atoms with Crippen LogP contribution >= 0.6 is 11.3 Å². The molecule has 1 amide bonds. The minimum absolute atomic E-state index is 0.0725. The summed E-state index contributed by atoms with van der Waals surface area (Å²) in [5.74, 6) is -0.920. The summed E-state index contributed by atoms with van der Waals surface area (Å²) >= 11 is 1.03. The van der Waals surface area contributed by atoms with Crippen LogP contribution in [0.15, 0.2) is 5.38 Å². The zero-order valence-electron chi connectivity index (χ0n) is 9.91. The van der Waals surface area contributed by atoms with Gasteiger partial charge in [0.15, 0.2) is 5.69 Å². The summed E-state index contributed by atoms with van der Waals surface area (Å²) in [6.07, 6.45) is -2.45. The second-order valence-corrected chi connectivity index (χ2v) is 4.40. The number of hydrogen-bond acceptors (Lipinski definition) is 7. The third-order valence-electron chi connectivity index (χ3n) is 2.09. The Morgan fingerprint density at radius 1 is 1.56 bits per heavy atom. The summed E-state index contributed by atoms with van der Waals surface area (Å²) in [5, 5.41) is 23.4. The van der Waals surface area contributed by atoms with Gasteiger partial charge in [0.25, 0.3) is 0 Å². The highest BCUT2D eigenvalue weighted by molar-refractivity contribution is 7.09. The normalized spacial score (nSPS) is 13.8. The van der Waals surface area contributed by atoms with E-state index in [0.29, 0.717) is 0 Å². The maximum Gasteiger partial charge on any atom is 0.357 e. The molecule has 0 aliphatic heterocycles. The number of thiazole rings is 1. The minimum atomic E-state index is -1.26. The van der Waals surface area contributed by atoms with E-state index in [4.69, 9.17) is 0 Å². The van der Waals surface area contributed by atoms with Crippen molar-refractivity contribution in [2.45, 2.75) is 19.1 Å². The molecule has 2 atom stereocenters. The van der Waals surface area contributed by atoms with Crippen LogP contribution in [0.3, 0.4) is 0 Å². The number of nitrogens with zero attached hydrogens (tertiary/aromatic N) is 1. The molecular weight excluding hydrogens is 260 g/mol. The first-order chi connectivity index (χ1) is 8.45. The average Bonchev–Trinajstić information content (AvgIpc) is 2.83. The quantitative estimate of drug-likeness (QED) is 0.622. The largest absolute Gasteiger partial charge is 0.464 e. The van der Waals surface area contributed by atoms with Gasteiger partial charge in [-0.2, -0.15) is 0 Å². The molecule has 0 aromatic carbocycles. The topological polar surface area (TPSA) is 109 Å². The van der Waals surface area contributed by atoms with Gasteiger partial charge in [0.2, 0.25) is 5.91 Å². The van der Waals surface area contributed by atoms with Crippen LogP contribution in [0.25, 0.3) is 0 Å². The van der Waals surface area contributed by atoms with Gasteiger partial charge in [-0.25, -0.2) is 9.78 Å². The van der Waals surface area contributed by atoms with Crippen LogP contribution < -0.4 is 5.32 Å². The van der Waals surface area contributed by atoms with Gasteiger partial charge in [-0.3, -0.25) is 4.79 Å². The zero-order chi connectivity index (χ0) is 13.7. The monoisotopic (exact) mass is 274 g/mol. The number of aliphatic hydroxyl groups excluding tert-OH is 2. The van der Waals surface area contributed by atoms with E-state index in [0.717, 1.165) is 11.3 Å². The molecule has 0 aliphatic rings. The van der Waals surface area contributed by atoms with Crippen molar-refractivity contribution in [3.8, 4) is 0 Å². The van der Waals surface area contributed by atoms with E-state index in [1.165, 1.54) is 19.4 Å². The molecule has 0 aliphatic carbocycles. The van der Waals surface area contributed by atoms with Gasteiger partial charge in [-0.15, -0.1) is 11.3 Å². The maximum absolute atomic E-state index is 11.2. The first kappa shape index (κ1) is 14.6. The van der Waals surface area contributed by atoms with Crippen molar-refractivity contribution in [3.05, 3.63) is 16.1 Å². The SMILES string of the molecule is COC(=O)c1csc(C(O)C(O)CNC(C)=O)n1. The number of carbonyl (C=O) groups is 2. The standard InChI is InChI=1S/C10H14N2O5S/c1-5(13)11-3-7(14)8(15)9-12-6(4-18-9)10(16)17-2/h4,7-8,14-15H,3H2,1-2H3,(H,11,13). The average molecular weight is 274 g/mol. The summed E-state index contributed by atoms with van der Waals surface area (Å²) in [6.45, 7) is 1.21. The van der Waals surface area contributed by atoms with Crippen LogP contribution in [0.4, 0.5) is 0 Å². The van der Waals surface area contributed by atoms with Gasteiger partial charge in [0.1, 0.15) is 17.2 Å². The predicted molar refractivity (Wildman–Crippen MR) is 63.1 cm³/mol. The van der Waals surface area contributed by atoms with Crippen LogP contribution in [-0.2, 0) is 9.53 Å². The van der Waals surface area contributed by atoms with Crippen LogP contribution in [0.2, 0.25) is 0 Å². The second-order valence-electron chi connectivity index (χ2n) is 3.51. The number of ether oxygens (including phenoxy) is 1. The number of esters is 1. The molecule has 1 aromatic heterocycles. The van der Waals surface area contributed by atoms with E-state index in [9.17, 15) is 19.8 Å². The van der Waals surface area contributed by atoms with E-state index in [-0.39, 0.29) is 23.2 Å². The molecule has 1 heterocycles. The number of aliphatic hydroxyl groups is 2. The fraction of sp³-hybridized carbons (Fsp3) is 0.500. The molecule has 3 N–H and O–H groups in total. The Hall–Kier alpha value is -1.51. The third-order valence-corrected chi connectivity index (χ3v) is 3.01. The molecule has 1 aromatic rings. The highest BCUT2D eigenvalue weighted by Gasteiger charge is 2.23. The van der Waals surface area contributed by atoms with Crippen LogP contribution in [0.1, 0.15) is 28.5 Å². The second kappa shape index (κ2) is 6.43. The Morgan fingerprint density at radius 2 is 2.22 bits per heavy atom. The Kier molecular flexibility index (Phi) is 5.20. The molecule has 8 heteroatoms. The van der Waals surface area contributed by atoms with Crippen molar-refractivity contribution in [2.75, 3.05) is 13.7 Å². The Bertz CT molecular complexity index is 434. The number of nitrogens with one attached hydrogen (secondary N) is 1. The lowest BCUT2D eigenvalue weighted by Crippen LogP contribution is -2.34. The lowest BCUT2D eigenvalue weighted by atomic mass is 10.2. The number of carbonyl (C=O) groups excluding carboxylic acids is 2. The van der Waals surface area contributed by atoms with Gasteiger partial charge in [-0.05, 0) is 0 Å². The Labute approximate surface area is 107 Å². The molecule has 0 saturated carbocycles. The third kappa shape index (κ3) is 3.76. The first-order valence-electron chi connectivity index (χ1n) is 5.10. The molecule has 7 nitrogen and oxygen atoms in total. The molecule has 0 spiro atoms. The molecule has 18 heavy (non-hydrogen) atoms. The van der Waals surface area contributed by atoms with Crippen molar-refractivity contribution in [1.29, 1.82) is 0 Å². The van der Waals surface area contributed by atoms with Gasteiger partial charge in [0.05, 0.1) is 7.11 Å². The summed E-state index contributed by atoms with van der Waals surface area (Å²) in [7, 11) is 1.23. The van der Waals surface area contributed by atoms with Crippen molar-refractivity contribution in [1.82, 2.24) is 10.3 Å². The van der Waals surface area contributed by atoms with Gasteiger partial charge in [-0.1, -0.05) is 0 Å². The summed E-state index contributed by atoms with van der Waals surface area (Å²) in [5.41, 5.74) is 0.0725. The number of amides is 1. The molecule has 0 fully saturated rings. The molecule has 100 valence electrons. The highest BCUT2D eigenvalue weighted by atomic mass is 32.1. The van der Waals surface area contributed by atoms with Gasteiger partial charge >= 0.3 is 5.97 Å². The minimum Gasteiger partial charge on any atom is -0.464 e. The molecule has 1 rings (SSSR count). The van der Waals surface area contributed by atoms with E-state index >= 15 is 0 Å². The van der Waals surface area contributed by atoms with Gasteiger partial charge < -0.3 is 20.3 Å². The molecule has 2 unspecified atom stereocenters. The van der Waals surface area contributed by atoms with E-state index in [1.807, 2.05) is 0 Å². The molecular formula is C10H14N2O5S. The molecule has 0 saturated heterocycles. The van der Waals surface area contributed by atoms with Crippen LogP contribution in [0.5, 0.6) is 0 Å². The number of hydrogen-bond donors (Lipinski definition) is 3. The van der Waals surface area contributed by atoms with Crippen molar-refractivity contribution >= 4 is 23.2 Å². The number of aromatic nitrogens is 1. The Morgan fingerprint density at radius 3 is 2.78 bits per heavy atom. The number of rotatable bonds is 5.